The van der Waals surface area contributed by atoms with E-state index in [2.05, 4.69) is 10.6 Å². The Morgan fingerprint density at radius 1 is 1.08 bits per heavy atom. The number of hydrogen-bond acceptors (Lipinski definition) is 4. The lowest BCUT2D eigenvalue weighted by atomic mass is 10.0. The van der Waals surface area contributed by atoms with Crippen molar-refractivity contribution >= 4 is 23.5 Å². The number of amides is 2. The molecule has 0 saturated carbocycles. The van der Waals surface area contributed by atoms with Gasteiger partial charge in [0.15, 0.2) is 17.9 Å². The Morgan fingerprint density at radius 2 is 1.83 bits per heavy atom. The van der Waals surface area contributed by atoms with E-state index in [9.17, 15) is 14.4 Å². The molecule has 0 radical (unpaired) electrons. The van der Waals surface area contributed by atoms with Crippen LogP contribution in [0.3, 0.4) is 0 Å². The van der Waals surface area contributed by atoms with Crippen LogP contribution >= 0.6 is 0 Å². The lowest BCUT2D eigenvalue weighted by Gasteiger charge is -2.17. The molecule has 122 valence electrons. The Hall–Kier alpha value is -3.15. The third-order valence-electron chi connectivity index (χ3n) is 3.76. The van der Waals surface area contributed by atoms with E-state index in [4.69, 9.17) is 4.74 Å². The number of nitrogens with one attached hydrogen (secondary N) is 2. The van der Waals surface area contributed by atoms with Gasteiger partial charge < -0.3 is 15.4 Å². The zero-order chi connectivity index (χ0) is 17.1. The maximum atomic E-state index is 12.5. The predicted octanol–water partition coefficient (Wildman–Crippen LogP) is 2.68. The Bertz CT molecular complexity index is 789. The van der Waals surface area contributed by atoms with Crippen LogP contribution in [0, 0.1) is 0 Å². The number of carbonyl (C=O) groups is 3. The van der Waals surface area contributed by atoms with Crippen molar-refractivity contribution in [3.05, 3.63) is 65.7 Å². The number of hydrogen-bond donors (Lipinski definition) is 2. The van der Waals surface area contributed by atoms with Crippen LogP contribution in [0.1, 0.15) is 28.9 Å². The summed E-state index contributed by atoms with van der Waals surface area (Å²) in [5, 5.41) is 5.23. The van der Waals surface area contributed by atoms with E-state index < -0.39 is 24.1 Å². The number of rotatable bonds is 4. The van der Waals surface area contributed by atoms with Gasteiger partial charge >= 0.3 is 6.09 Å². The minimum Gasteiger partial charge on any atom is -0.439 e. The van der Waals surface area contributed by atoms with Crippen molar-refractivity contribution in [2.24, 2.45) is 0 Å². The van der Waals surface area contributed by atoms with E-state index in [-0.39, 0.29) is 5.78 Å². The molecule has 2 N–H and O–H groups in total. The average Bonchev–Trinajstić information content (AvgIpc) is 2.98. The second-order valence-electron chi connectivity index (χ2n) is 5.48. The van der Waals surface area contributed by atoms with Crippen LogP contribution in [-0.4, -0.2) is 23.8 Å². The first kappa shape index (κ1) is 15.7. The van der Waals surface area contributed by atoms with E-state index in [0.29, 0.717) is 11.3 Å². The summed E-state index contributed by atoms with van der Waals surface area (Å²) in [4.78, 5) is 35.5. The first-order valence-corrected chi connectivity index (χ1v) is 7.48. The minimum atomic E-state index is -0.846. The fourth-order valence-corrected chi connectivity index (χ4v) is 2.56. The van der Waals surface area contributed by atoms with Gasteiger partial charge in [-0.2, -0.15) is 0 Å². The molecule has 2 unspecified atom stereocenters. The van der Waals surface area contributed by atoms with Gasteiger partial charge in [0.05, 0.1) is 0 Å². The summed E-state index contributed by atoms with van der Waals surface area (Å²) in [6.45, 7) is 1.46. The number of benzene rings is 2. The summed E-state index contributed by atoms with van der Waals surface area (Å²) in [7, 11) is 0. The Morgan fingerprint density at radius 3 is 2.54 bits per heavy atom. The molecule has 3 rings (SSSR count). The number of anilines is 1. The third kappa shape index (κ3) is 3.27. The normalized spacial score (nSPS) is 19.3. The van der Waals surface area contributed by atoms with Crippen molar-refractivity contribution in [1.82, 2.24) is 5.32 Å². The summed E-state index contributed by atoms with van der Waals surface area (Å²) < 4.78 is 5.22. The van der Waals surface area contributed by atoms with Crippen LogP contribution in [-0.2, 0) is 9.53 Å². The molecule has 1 aliphatic rings. The Balaban J connectivity index is 1.79. The minimum absolute atomic E-state index is 0.0919. The van der Waals surface area contributed by atoms with E-state index >= 15 is 0 Å². The maximum Gasteiger partial charge on any atom is 0.408 e. The van der Waals surface area contributed by atoms with Gasteiger partial charge in [0, 0.05) is 11.3 Å². The van der Waals surface area contributed by atoms with Gasteiger partial charge in [0.2, 0.25) is 0 Å². The molecule has 2 aromatic carbocycles. The monoisotopic (exact) mass is 324 g/mol. The van der Waals surface area contributed by atoms with Gasteiger partial charge in [-0.05, 0) is 24.6 Å². The van der Waals surface area contributed by atoms with E-state index in [1.807, 2.05) is 18.2 Å². The second kappa shape index (κ2) is 6.54. The summed E-state index contributed by atoms with van der Waals surface area (Å²) in [5.74, 6) is -0.499. The number of ketones is 1. The molecule has 0 spiro atoms. The average molecular weight is 324 g/mol. The van der Waals surface area contributed by atoms with Crippen LogP contribution < -0.4 is 10.6 Å². The molecule has 1 saturated heterocycles. The number of cyclic esters (lactones) is 1. The summed E-state index contributed by atoms with van der Waals surface area (Å²) in [5.41, 5.74) is 1.72. The van der Waals surface area contributed by atoms with Crippen LogP contribution in [0.5, 0.6) is 0 Å². The van der Waals surface area contributed by atoms with Crippen molar-refractivity contribution in [1.29, 1.82) is 0 Å². The highest BCUT2D eigenvalue weighted by atomic mass is 16.6. The second-order valence-corrected chi connectivity index (χ2v) is 5.48. The van der Waals surface area contributed by atoms with Gasteiger partial charge in [0.25, 0.3) is 5.91 Å². The van der Waals surface area contributed by atoms with Crippen LogP contribution in [0.4, 0.5) is 10.5 Å². The molecule has 2 aromatic rings. The van der Waals surface area contributed by atoms with Gasteiger partial charge in [-0.25, -0.2) is 4.79 Å². The van der Waals surface area contributed by atoms with E-state index in [1.54, 1.807) is 36.4 Å². The topological polar surface area (TPSA) is 84.5 Å². The molecule has 1 aliphatic heterocycles. The summed E-state index contributed by atoms with van der Waals surface area (Å²) in [6.07, 6.45) is -1.34. The van der Waals surface area contributed by atoms with Crippen molar-refractivity contribution in [2.75, 3.05) is 5.32 Å². The standard InChI is InChI=1S/C18H16N2O4/c1-11(21)13-8-5-9-14(10-13)19-17(22)15-16(24-18(23)20-15)12-6-3-2-4-7-12/h2-10,15-16H,1H3,(H,19,22)(H,20,23). The number of ether oxygens (including phenoxy) is 1. The van der Waals surface area contributed by atoms with Crippen LogP contribution in [0.25, 0.3) is 0 Å². The van der Waals surface area contributed by atoms with Gasteiger partial charge in [-0.3, -0.25) is 9.59 Å². The highest BCUT2D eigenvalue weighted by Gasteiger charge is 2.40. The highest BCUT2D eigenvalue weighted by Crippen LogP contribution is 2.27. The van der Waals surface area contributed by atoms with Gasteiger partial charge in [-0.1, -0.05) is 42.5 Å². The number of carbonyl (C=O) groups excluding carboxylic acids is 3. The van der Waals surface area contributed by atoms with E-state index in [0.717, 1.165) is 5.56 Å². The molecule has 1 heterocycles. The lowest BCUT2D eigenvalue weighted by molar-refractivity contribution is -0.119. The molecule has 0 aliphatic carbocycles. The lowest BCUT2D eigenvalue weighted by Crippen LogP contribution is -2.40. The molecule has 0 aromatic heterocycles. The SMILES string of the molecule is CC(=O)c1cccc(NC(=O)C2NC(=O)OC2c2ccccc2)c1. The quantitative estimate of drug-likeness (QED) is 0.847. The zero-order valence-corrected chi connectivity index (χ0v) is 13.0. The highest BCUT2D eigenvalue weighted by molar-refractivity contribution is 6.00. The summed E-state index contributed by atoms with van der Waals surface area (Å²) >= 11 is 0. The van der Waals surface area contributed by atoms with Crippen molar-refractivity contribution in [3.8, 4) is 0 Å². The van der Waals surface area contributed by atoms with Gasteiger partial charge in [0.1, 0.15) is 0 Å². The van der Waals surface area contributed by atoms with Crippen molar-refractivity contribution in [3.63, 3.8) is 0 Å². The molecule has 2 atom stereocenters. The molecule has 1 fully saturated rings. The maximum absolute atomic E-state index is 12.5. The fourth-order valence-electron chi connectivity index (χ4n) is 2.56. The Kier molecular flexibility index (Phi) is 4.29. The van der Waals surface area contributed by atoms with Crippen molar-refractivity contribution in [2.45, 2.75) is 19.1 Å². The first-order chi connectivity index (χ1) is 11.5. The van der Waals surface area contributed by atoms with Gasteiger partial charge in [-0.15, -0.1) is 0 Å². The summed E-state index contributed by atoms with van der Waals surface area (Å²) in [6, 6.07) is 14.8. The van der Waals surface area contributed by atoms with Crippen LogP contribution in [0.2, 0.25) is 0 Å². The zero-order valence-electron chi connectivity index (χ0n) is 13.0. The molecule has 0 bridgehead atoms. The van der Waals surface area contributed by atoms with E-state index in [1.165, 1.54) is 6.92 Å². The molecule has 2 amide bonds. The van der Waals surface area contributed by atoms with Crippen molar-refractivity contribution < 1.29 is 19.1 Å². The smallest absolute Gasteiger partial charge is 0.408 e. The molecular weight excluding hydrogens is 308 g/mol. The molecule has 6 nitrogen and oxygen atoms in total. The predicted molar refractivity (Wildman–Crippen MR) is 87.7 cm³/mol. The Labute approximate surface area is 138 Å². The fraction of sp³-hybridized carbons (Fsp3) is 0.167. The number of alkyl carbamates (subject to hydrolysis) is 1. The first-order valence-electron chi connectivity index (χ1n) is 7.48. The largest absolute Gasteiger partial charge is 0.439 e. The third-order valence-corrected chi connectivity index (χ3v) is 3.76. The molecule has 6 heteroatoms. The van der Waals surface area contributed by atoms with Crippen LogP contribution in [0.15, 0.2) is 54.6 Å². The number of Topliss-reactive ketones (excluding diaryl/α,β-unsaturated/α-hetero) is 1. The molecule has 24 heavy (non-hydrogen) atoms. The molecular formula is C18H16N2O4.